The lowest BCUT2D eigenvalue weighted by Gasteiger charge is -2.26. The van der Waals surface area contributed by atoms with Crippen LogP contribution in [0.15, 0.2) is 18.2 Å². The van der Waals surface area contributed by atoms with E-state index in [1.807, 2.05) is 0 Å². The van der Waals surface area contributed by atoms with E-state index in [-0.39, 0.29) is 11.6 Å². The summed E-state index contributed by atoms with van der Waals surface area (Å²) in [5.74, 6) is 0.0682. The van der Waals surface area contributed by atoms with Crippen molar-refractivity contribution < 1.29 is 9.18 Å². The van der Waals surface area contributed by atoms with Gasteiger partial charge in [-0.2, -0.15) is 0 Å². The van der Waals surface area contributed by atoms with Crippen molar-refractivity contribution in [2.75, 3.05) is 17.2 Å². The summed E-state index contributed by atoms with van der Waals surface area (Å²) >= 11 is 0. The molecule has 17 heavy (non-hydrogen) atoms. The average Bonchev–Trinajstić information content (AvgIpc) is 2.19. The molecule has 4 heteroatoms. The van der Waals surface area contributed by atoms with E-state index in [9.17, 15) is 9.18 Å². The third-order valence-corrected chi connectivity index (χ3v) is 3.10. The molecule has 3 nitrogen and oxygen atoms in total. The van der Waals surface area contributed by atoms with E-state index in [0.717, 1.165) is 18.2 Å². The van der Waals surface area contributed by atoms with E-state index in [1.54, 1.807) is 12.1 Å². The average molecular weight is 236 g/mol. The third kappa shape index (κ3) is 3.19. The molecule has 0 aliphatic heterocycles. The van der Waals surface area contributed by atoms with Crippen LogP contribution >= 0.6 is 0 Å². The molecule has 1 saturated carbocycles. The Balaban J connectivity index is 1.99. The van der Waals surface area contributed by atoms with Crippen LogP contribution in [0.25, 0.3) is 0 Å². The number of amides is 1. The Labute approximate surface area is 100 Å². The van der Waals surface area contributed by atoms with Crippen molar-refractivity contribution in [3.8, 4) is 0 Å². The van der Waals surface area contributed by atoms with Gasteiger partial charge in [0.15, 0.2) is 0 Å². The van der Waals surface area contributed by atoms with Gasteiger partial charge in [-0.25, -0.2) is 4.39 Å². The molecule has 1 amide bonds. The number of carbonyl (C=O) groups excluding carboxylic acids is 1. The second-order valence-corrected chi connectivity index (χ2v) is 4.55. The van der Waals surface area contributed by atoms with Crippen molar-refractivity contribution in [2.24, 2.45) is 5.92 Å². The first-order valence-corrected chi connectivity index (χ1v) is 5.96. The first kappa shape index (κ1) is 11.9. The van der Waals surface area contributed by atoms with Crippen LogP contribution in [0.4, 0.5) is 15.8 Å². The zero-order valence-electron chi connectivity index (χ0n) is 9.92. The fourth-order valence-corrected chi connectivity index (χ4v) is 1.88. The monoisotopic (exact) mass is 236 g/mol. The molecule has 0 saturated heterocycles. The second kappa shape index (κ2) is 5.17. The number of rotatable bonds is 4. The summed E-state index contributed by atoms with van der Waals surface area (Å²) in [6.45, 7) is 2.29. The maximum absolute atomic E-state index is 13.4. The normalized spacial score (nSPS) is 15.2. The zero-order chi connectivity index (χ0) is 12.3. The van der Waals surface area contributed by atoms with Crippen LogP contribution < -0.4 is 10.6 Å². The van der Waals surface area contributed by atoms with E-state index in [2.05, 4.69) is 10.6 Å². The number of anilines is 2. The highest BCUT2D eigenvalue weighted by atomic mass is 19.1. The van der Waals surface area contributed by atoms with Crippen molar-refractivity contribution >= 4 is 17.3 Å². The molecule has 0 spiro atoms. The highest BCUT2D eigenvalue weighted by molar-refractivity contribution is 5.89. The first-order valence-electron chi connectivity index (χ1n) is 5.96. The molecular weight excluding hydrogens is 219 g/mol. The molecule has 0 bridgehead atoms. The summed E-state index contributed by atoms with van der Waals surface area (Å²) < 4.78 is 13.4. The Morgan fingerprint density at radius 2 is 2.24 bits per heavy atom. The van der Waals surface area contributed by atoms with Crippen LogP contribution in [0, 0.1) is 11.7 Å². The zero-order valence-corrected chi connectivity index (χ0v) is 9.92. The maximum atomic E-state index is 13.4. The maximum Gasteiger partial charge on any atom is 0.221 e. The van der Waals surface area contributed by atoms with Gasteiger partial charge < -0.3 is 10.6 Å². The Morgan fingerprint density at radius 3 is 2.82 bits per heavy atom. The number of halogens is 1. The minimum absolute atomic E-state index is 0.233. The summed E-state index contributed by atoms with van der Waals surface area (Å²) in [5.41, 5.74) is 1.08. The molecule has 0 heterocycles. The van der Waals surface area contributed by atoms with Crippen molar-refractivity contribution in [1.29, 1.82) is 0 Å². The van der Waals surface area contributed by atoms with Crippen molar-refractivity contribution in [1.82, 2.24) is 0 Å². The van der Waals surface area contributed by atoms with Crippen LogP contribution in [-0.4, -0.2) is 12.5 Å². The smallest absolute Gasteiger partial charge is 0.221 e. The van der Waals surface area contributed by atoms with Crippen molar-refractivity contribution in [2.45, 2.75) is 26.2 Å². The van der Waals surface area contributed by atoms with E-state index in [1.165, 1.54) is 32.3 Å². The Kier molecular flexibility index (Phi) is 3.61. The standard InChI is InChI=1S/C13H17FN2O/c1-9(17)16-13-7-11(5-6-12(13)14)15-8-10-3-2-4-10/h5-7,10,15H,2-4,8H2,1H3,(H,16,17). The van der Waals surface area contributed by atoms with Crippen LogP contribution in [0.3, 0.4) is 0 Å². The van der Waals surface area contributed by atoms with E-state index in [4.69, 9.17) is 0 Å². The summed E-state index contributed by atoms with van der Waals surface area (Å²) in [5, 5.41) is 5.74. The molecule has 1 aromatic carbocycles. The molecule has 2 rings (SSSR count). The van der Waals surface area contributed by atoms with Gasteiger partial charge in [0.05, 0.1) is 5.69 Å². The van der Waals surface area contributed by atoms with Crippen LogP contribution in [-0.2, 0) is 4.79 Å². The molecule has 1 fully saturated rings. The number of hydrogen-bond acceptors (Lipinski definition) is 2. The number of carbonyl (C=O) groups is 1. The van der Waals surface area contributed by atoms with Crippen LogP contribution in [0.2, 0.25) is 0 Å². The van der Waals surface area contributed by atoms with E-state index < -0.39 is 5.82 Å². The lowest BCUT2D eigenvalue weighted by Crippen LogP contribution is -2.21. The highest BCUT2D eigenvalue weighted by Gasteiger charge is 2.16. The Hall–Kier alpha value is -1.58. The van der Waals surface area contributed by atoms with Gasteiger partial charge in [0.2, 0.25) is 5.91 Å². The SMILES string of the molecule is CC(=O)Nc1cc(NCC2CCC2)ccc1F. The fraction of sp³-hybridized carbons (Fsp3) is 0.462. The van der Waals surface area contributed by atoms with E-state index >= 15 is 0 Å². The molecule has 0 aromatic heterocycles. The molecular formula is C13H17FN2O. The molecule has 1 aromatic rings. The quantitative estimate of drug-likeness (QED) is 0.843. The van der Waals surface area contributed by atoms with E-state index in [0.29, 0.717) is 0 Å². The lowest BCUT2D eigenvalue weighted by atomic mass is 9.85. The van der Waals surface area contributed by atoms with Crippen LogP contribution in [0.5, 0.6) is 0 Å². The Morgan fingerprint density at radius 1 is 1.47 bits per heavy atom. The van der Waals surface area contributed by atoms with Crippen LogP contribution in [0.1, 0.15) is 26.2 Å². The lowest BCUT2D eigenvalue weighted by molar-refractivity contribution is -0.114. The van der Waals surface area contributed by atoms with Gasteiger partial charge in [-0.15, -0.1) is 0 Å². The van der Waals surface area contributed by atoms with Gasteiger partial charge in [0.25, 0.3) is 0 Å². The predicted octanol–water partition coefficient (Wildman–Crippen LogP) is 3.00. The summed E-state index contributed by atoms with van der Waals surface area (Å²) in [7, 11) is 0. The number of nitrogens with one attached hydrogen (secondary N) is 2. The largest absolute Gasteiger partial charge is 0.385 e. The van der Waals surface area contributed by atoms with Gasteiger partial charge in [0.1, 0.15) is 5.82 Å². The molecule has 2 N–H and O–H groups in total. The minimum Gasteiger partial charge on any atom is -0.385 e. The summed E-state index contributed by atoms with van der Waals surface area (Å²) in [6, 6.07) is 4.70. The summed E-state index contributed by atoms with van der Waals surface area (Å²) in [4.78, 5) is 10.9. The molecule has 0 radical (unpaired) electrons. The topological polar surface area (TPSA) is 41.1 Å². The summed E-state index contributed by atoms with van der Waals surface area (Å²) in [6.07, 6.45) is 3.85. The minimum atomic E-state index is -0.408. The highest BCUT2D eigenvalue weighted by Crippen LogP contribution is 2.27. The second-order valence-electron chi connectivity index (χ2n) is 4.55. The molecule has 92 valence electrons. The molecule has 0 atom stereocenters. The molecule has 1 aliphatic carbocycles. The van der Waals surface area contributed by atoms with Crippen molar-refractivity contribution in [3.63, 3.8) is 0 Å². The predicted molar refractivity (Wildman–Crippen MR) is 66.5 cm³/mol. The van der Waals surface area contributed by atoms with Gasteiger partial charge >= 0.3 is 0 Å². The molecule has 1 aliphatic rings. The van der Waals surface area contributed by atoms with Gasteiger partial charge in [-0.1, -0.05) is 6.42 Å². The van der Waals surface area contributed by atoms with Gasteiger partial charge in [-0.3, -0.25) is 4.79 Å². The fourth-order valence-electron chi connectivity index (χ4n) is 1.88. The Bertz CT molecular complexity index is 416. The molecule has 0 unspecified atom stereocenters. The third-order valence-electron chi connectivity index (χ3n) is 3.10. The number of hydrogen-bond donors (Lipinski definition) is 2. The van der Waals surface area contributed by atoms with Crippen molar-refractivity contribution in [3.05, 3.63) is 24.0 Å². The van der Waals surface area contributed by atoms with Gasteiger partial charge in [-0.05, 0) is 37.0 Å². The van der Waals surface area contributed by atoms with Gasteiger partial charge in [0, 0.05) is 19.2 Å². The number of benzene rings is 1. The first-order chi connectivity index (χ1) is 8.15.